The third-order valence-corrected chi connectivity index (χ3v) is 3.83. The number of aromatic nitrogens is 6. The fourth-order valence-electron chi connectivity index (χ4n) is 2.45. The van der Waals surface area contributed by atoms with Crippen molar-refractivity contribution in [3.63, 3.8) is 0 Å². The molecule has 0 aliphatic carbocycles. The molecule has 4 aromatic rings. The summed E-state index contributed by atoms with van der Waals surface area (Å²) in [7, 11) is 0. The summed E-state index contributed by atoms with van der Waals surface area (Å²) in [6.45, 7) is 1.89. The number of nitrogens with one attached hydrogen (secondary N) is 1. The number of hydrogen-bond donors (Lipinski definition) is 1. The molecule has 1 aromatic carbocycles. The number of imidazole rings is 1. The fourth-order valence-corrected chi connectivity index (χ4v) is 2.45. The Kier molecular flexibility index (Phi) is 4.70. The van der Waals surface area contributed by atoms with Crippen molar-refractivity contribution in [2.45, 2.75) is 6.92 Å². The Morgan fingerprint density at radius 3 is 2.50 bits per heavy atom. The quantitative estimate of drug-likeness (QED) is 0.573. The largest absolute Gasteiger partial charge is 0.438 e. The summed E-state index contributed by atoms with van der Waals surface area (Å²) in [4.78, 5) is 24.1. The zero-order chi connectivity index (χ0) is 19.3. The van der Waals surface area contributed by atoms with E-state index < -0.39 is 0 Å². The van der Waals surface area contributed by atoms with Crippen LogP contribution in [-0.4, -0.2) is 35.6 Å². The molecular weight excluding hydrogens is 358 g/mol. The first kappa shape index (κ1) is 17.3. The number of hydrogen-bond acceptors (Lipinski definition) is 7. The Hall–Kier alpha value is -4.14. The van der Waals surface area contributed by atoms with Gasteiger partial charge in [0.05, 0.1) is 6.20 Å². The molecule has 0 saturated heterocycles. The van der Waals surface area contributed by atoms with Crippen molar-refractivity contribution in [1.82, 2.24) is 29.7 Å². The van der Waals surface area contributed by atoms with Gasteiger partial charge in [-0.15, -0.1) is 10.2 Å². The summed E-state index contributed by atoms with van der Waals surface area (Å²) in [5.74, 6) is 2.07. The van der Waals surface area contributed by atoms with Crippen LogP contribution >= 0.6 is 0 Å². The number of aryl methyl sites for hydroxylation is 1. The first-order chi connectivity index (χ1) is 13.7. The van der Waals surface area contributed by atoms with Gasteiger partial charge in [0.25, 0.3) is 5.91 Å². The zero-order valence-corrected chi connectivity index (χ0v) is 14.9. The fraction of sp³-hybridized carbons (Fsp3) is 0.0526. The maximum Gasteiger partial charge on any atom is 0.275 e. The third-order valence-electron chi connectivity index (χ3n) is 3.83. The Labute approximate surface area is 160 Å². The maximum absolute atomic E-state index is 12.1. The summed E-state index contributed by atoms with van der Waals surface area (Å²) in [5.41, 5.74) is 0.853. The predicted molar refractivity (Wildman–Crippen MR) is 100 cm³/mol. The van der Waals surface area contributed by atoms with E-state index in [1.165, 1.54) is 18.6 Å². The van der Waals surface area contributed by atoms with Gasteiger partial charge in [-0.05, 0) is 37.3 Å². The van der Waals surface area contributed by atoms with Gasteiger partial charge in [0.2, 0.25) is 5.88 Å². The van der Waals surface area contributed by atoms with Gasteiger partial charge in [-0.2, -0.15) is 0 Å². The average Bonchev–Trinajstić information content (AvgIpc) is 3.16. The van der Waals surface area contributed by atoms with Crippen LogP contribution in [0.15, 0.2) is 67.4 Å². The molecule has 138 valence electrons. The lowest BCUT2D eigenvalue weighted by Gasteiger charge is -2.08. The minimum Gasteiger partial charge on any atom is -0.438 e. The summed E-state index contributed by atoms with van der Waals surface area (Å²) in [6.07, 6.45) is 7.89. The van der Waals surface area contributed by atoms with Crippen molar-refractivity contribution in [3.05, 3.63) is 78.9 Å². The van der Waals surface area contributed by atoms with Crippen molar-refractivity contribution < 1.29 is 9.53 Å². The monoisotopic (exact) mass is 373 g/mol. The smallest absolute Gasteiger partial charge is 0.275 e. The predicted octanol–water partition coefficient (Wildman–Crippen LogP) is 2.81. The van der Waals surface area contributed by atoms with Crippen LogP contribution in [-0.2, 0) is 0 Å². The molecule has 3 aromatic heterocycles. The third kappa shape index (κ3) is 3.83. The van der Waals surface area contributed by atoms with Crippen LogP contribution in [0.3, 0.4) is 0 Å². The van der Waals surface area contributed by atoms with Crippen LogP contribution in [0.25, 0.3) is 5.82 Å². The molecule has 0 radical (unpaired) electrons. The highest BCUT2D eigenvalue weighted by Crippen LogP contribution is 2.22. The lowest BCUT2D eigenvalue weighted by molar-refractivity contribution is 0.102. The van der Waals surface area contributed by atoms with Crippen LogP contribution < -0.4 is 10.1 Å². The second kappa shape index (κ2) is 7.62. The summed E-state index contributed by atoms with van der Waals surface area (Å²) >= 11 is 0. The van der Waals surface area contributed by atoms with Crippen molar-refractivity contribution in [2.24, 2.45) is 0 Å². The normalized spacial score (nSPS) is 10.5. The molecule has 0 aliphatic rings. The van der Waals surface area contributed by atoms with Crippen LogP contribution in [0.1, 0.15) is 16.3 Å². The van der Waals surface area contributed by atoms with Crippen molar-refractivity contribution in [3.8, 4) is 17.4 Å². The number of carbonyl (C=O) groups is 1. The Bertz CT molecular complexity index is 1080. The SMILES string of the molecule is Cc1nccn1-c1ccc(Oc2ccc(NC(=O)c3cnccn3)cc2)nn1. The topological polar surface area (TPSA) is 108 Å². The molecule has 3 heterocycles. The molecule has 1 amide bonds. The number of ether oxygens (including phenoxy) is 1. The highest BCUT2D eigenvalue weighted by Gasteiger charge is 2.08. The van der Waals surface area contributed by atoms with Gasteiger partial charge in [0, 0.05) is 36.5 Å². The highest BCUT2D eigenvalue weighted by atomic mass is 16.5. The molecule has 28 heavy (non-hydrogen) atoms. The van der Waals surface area contributed by atoms with Gasteiger partial charge in [0.15, 0.2) is 5.82 Å². The molecule has 1 N–H and O–H groups in total. The Morgan fingerprint density at radius 2 is 1.86 bits per heavy atom. The molecule has 0 unspecified atom stereocenters. The van der Waals surface area contributed by atoms with E-state index in [9.17, 15) is 4.79 Å². The first-order valence-corrected chi connectivity index (χ1v) is 8.38. The number of carbonyl (C=O) groups excluding carboxylic acids is 1. The van der Waals surface area contributed by atoms with Gasteiger partial charge >= 0.3 is 0 Å². The van der Waals surface area contributed by atoms with E-state index in [0.29, 0.717) is 23.1 Å². The van der Waals surface area contributed by atoms with Crippen molar-refractivity contribution >= 4 is 11.6 Å². The summed E-state index contributed by atoms with van der Waals surface area (Å²) in [5, 5.41) is 11.0. The maximum atomic E-state index is 12.1. The van der Waals surface area contributed by atoms with E-state index in [2.05, 4.69) is 30.5 Å². The Morgan fingerprint density at radius 1 is 1.00 bits per heavy atom. The molecule has 0 fully saturated rings. The molecule has 4 rings (SSSR count). The molecule has 0 aliphatic heterocycles. The second-order valence-corrected chi connectivity index (χ2v) is 5.75. The van der Waals surface area contributed by atoms with Crippen LogP contribution in [0, 0.1) is 6.92 Å². The van der Waals surface area contributed by atoms with E-state index >= 15 is 0 Å². The lowest BCUT2D eigenvalue weighted by Crippen LogP contribution is -2.13. The van der Waals surface area contributed by atoms with E-state index in [-0.39, 0.29) is 11.6 Å². The molecule has 0 spiro atoms. The summed E-state index contributed by atoms with van der Waals surface area (Å²) in [6, 6.07) is 10.4. The minimum atomic E-state index is -0.335. The number of rotatable bonds is 5. The van der Waals surface area contributed by atoms with Gasteiger partial charge in [-0.25, -0.2) is 9.97 Å². The number of benzene rings is 1. The van der Waals surface area contributed by atoms with E-state index in [0.717, 1.165) is 5.82 Å². The second-order valence-electron chi connectivity index (χ2n) is 5.75. The number of nitrogens with zero attached hydrogens (tertiary/aromatic N) is 6. The Balaban J connectivity index is 1.40. The zero-order valence-electron chi connectivity index (χ0n) is 14.9. The van der Waals surface area contributed by atoms with Crippen molar-refractivity contribution in [2.75, 3.05) is 5.32 Å². The highest BCUT2D eigenvalue weighted by molar-refractivity contribution is 6.02. The van der Waals surface area contributed by atoms with Crippen LogP contribution in [0.4, 0.5) is 5.69 Å². The number of anilines is 1. The molecule has 0 atom stereocenters. The van der Waals surface area contributed by atoms with Gasteiger partial charge in [-0.1, -0.05) is 0 Å². The van der Waals surface area contributed by atoms with E-state index in [4.69, 9.17) is 4.74 Å². The van der Waals surface area contributed by atoms with Crippen LogP contribution in [0.2, 0.25) is 0 Å². The van der Waals surface area contributed by atoms with Gasteiger partial charge in [0.1, 0.15) is 17.3 Å². The molecule has 9 nitrogen and oxygen atoms in total. The summed E-state index contributed by atoms with van der Waals surface area (Å²) < 4.78 is 7.52. The minimum absolute atomic E-state index is 0.242. The van der Waals surface area contributed by atoms with E-state index in [1.807, 2.05) is 17.7 Å². The standard InChI is InChI=1S/C19H15N7O2/c1-13-21-10-11-26(13)17-6-7-18(25-24-17)28-15-4-2-14(3-5-15)23-19(27)16-12-20-8-9-22-16/h2-12H,1H3,(H,23,27). The number of amides is 1. The van der Waals surface area contributed by atoms with Crippen molar-refractivity contribution in [1.29, 1.82) is 0 Å². The molecule has 0 saturated carbocycles. The molecule has 9 heteroatoms. The lowest BCUT2D eigenvalue weighted by atomic mass is 10.3. The van der Waals surface area contributed by atoms with Gasteiger partial charge in [-0.3, -0.25) is 14.3 Å². The van der Waals surface area contributed by atoms with Crippen LogP contribution in [0.5, 0.6) is 11.6 Å². The first-order valence-electron chi connectivity index (χ1n) is 8.38. The molecule has 0 bridgehead atoms. The van der Waals surface area contributed by atoms with E-state index in [1.54, 1.807) is 42.6 Å². The average molecular weight is 373 g/mol. The molecular formula is C19H15N7O2. The van der Waals surface area contributed by atoms with Gasteiger partial charge < -0.3 is 10.1 Å².